The van der Waals surface area contributed by atoms with Crippen LogP contribution in [0.25, 0.3) is 5.65 Å². The molecule has 2 atom stereocenters. The quantitative estimate of drug-likeness (QED) is 0.842. The Balaban J connectivity index is 1.53. The Bertz CT molecular complexity index is 653. The van der Waals surface area contributed by atoms with Crippen molar-refractivity contribution >= 4 is 11.6 Å². The number of nitrogens with zero attached hydrogens (tertiary/aromatic N) is 4. The predicted octanol–water partition coefficient (Wildman–Crippen LogP) is 0.801. The van der Waals surface area contributed by atoms with Crippen molar-refractivity contribution in [1.29, 1.82) is 0 Å². The molecule has 0 saturated carbocycles. The summed E-state index contributed by atoms with van der Waals surface area (Å²) in [6.07, 6.45) is 5.67. The first kappa shape index (κ1) is 12.8. The lowest BCUT2D eigenvalue weighted by atomic mass is 9.92. The number of carbonyl (C=O) groups is 1. The van der Waals surface area contributed by atoms with Gasteiger partial charge in [0.25, 0.3) is 5.91 Å². The molecule has 2 aromatic rings. The molecule has 0 spiro atoms. The summed E-state index contributed by atoms with van der Waals surface area (Å²) in [4.78, 5) is 14.7. The summed E-state index contributed by atoms with van der Waals surface area (Å²) in [5.41, 5.74) is 1.48. The van der Waals surface area contributed by atoms with Gasteiger partial charge in [0.05, 0.1) is 5.56 Å². The molecule has 0 bridgehead atoms. The molecule has 2 aliphatic rings. The number of rotatable bonds is 1. The highest BCUT2D eigenvalue weighted by Crippen LogP contribution is 2.27. The van der Waals surface area contributed by atoms with Gasteiger partial charge in [-0.25, -0.2) is 0 Å². The minimum absolute atomic E-state index is 0.124. The van der Waals surface area contributed by atoms with Crippen LogP contribution in [0.15, 0.2) is 24.7 Å². The highest BCUT2D eigenvalue weighted by Gasteiger charge is 2.31. The lowest BCUT2D eigenvalue weighted by molar-refractivity contribution is 0.0758. The van der Waals surface area contributed by atoms with Gasteiger partial charge in [0.1, 0.15) is 6.33 Å². The van der Waals surface area contributed by atoms with Crippen LogP contribution in [0.4, 0.5) is 0 Å². The number of pyridine rings is 1. The third kappa shape index (κ3) is 2.29. The Labute approximate surface area is 123 Å². The van der Waals surface area contributed by atoms with Crippen LogP contribution in [0.2, 0.25) is 0 Å². The average Bonchev–Trinajstić information content (AvgIpc) is 3.11. The molecule has 21 heavy (non-hydrogen) atoms. The van der Waals surface area contributed by atoms with Crippen LogP contribution < -0.4 is 5.32 Å². The number of amides is 1. The van der Waals surface area contributed by atoms with Gasteiger partial charge in [-0.2, -0.15) is 0 Å². The molecule has 2 fully saturated rings. The Hall–Kier alpha value is -1.95. The van der Waals surface area contributed by atoms with Gasteiger partial charge in [-0.05, 0) is 49.9 Å². The summed E-state index contributed by atoms with van der Waals surface area (Å²) < 4.78 is 1.80. The summed E-state index contributed by atoms with van der Waals surface area (Å²) in [5.74, 6) is 1.60. The molecule has 1 N–H and O–H groups in total. The first-order valence-corrected chi connectivity index (χ1v) is 7.60. The lowest BCUT2D eigenvalue weighted by Crippen LogP contribution is -2.32. The minimum atomic E-state index is 0.124. The largest absolute Gasteiger partial charge is 0.339 e. The van der Waals surface area contributed by atoms with Gasteiger partial charge in [0, 0.05) is 19.3 Å². The van der Waals surface area contributed by atoms with Crippen molar-refractivity contribution in [1.82, 2.24) is 24.8 Å². The Morgan fingerprint density at radius 1 is 1.19 bits per heavy atom. The summed E-state index contributed by atoms with van der Waals surface area (Å²) in [5, 5.41) is 11.3. The van der Waals surface area contributed by atoms with E-state index in [9.17, 15) is 4.79 Å². The molecule has 2 aromatic heterocycles. The standard InChI is InChI=1S/C15H19N5O/c21-15(13-1-2-14-18-17-10-20(14)9-13)19-5-3-11-7-16-8-12(11)4-6-19/h1-2,9-12,16H,3-8H2/t11-,12+. The van der Waals surface area contributed by atoms with Crippen molar-refractivity contribution in [3.05, 3.63) is 30.2 Å². The van der Waals surface area contributed by atoms with Gasteiger partial charge in [-0.1, -0.05) is 0 Å². The molecular weight excluding hydrogens is 266 g/mol. The van der Waals surface area contributed by atoms with Crippen LogP contribution in [-0.2, 0) is 0 Å². The number of hydrogen-bond acceptors (Lipinski definition) is 4. The van der Waals surface area contributed by atoms with Crippen LogP contribution in [0.1, 0.15) is 23.2 Å². The van der Waals surface area contributed by atoms with Crippen molar-refractivity contribution in [2.75, 3.05) is 26.2 Å². The molecule has 110 valence electrons. The monoisotopic (exact) mass is 285 g/mol. The van der Waals surface area contributed by atoms with E-state index in [0.717, 1.165) is 56.5 Å². The number of fused-ring (bicyclic) bond motifs is 2. The first-order valence-electron chi connectivity index (χ1n) is 7.60. The van der Waals surface area contributed by atoms with E-state index in [1.165, 1.54) is 0 Å². The highest BCUT2D eigenvalue weighted by molar-refractivity contribution is 5.94. The zero-order valence-electron chi connectivity index (χ0n) is 11.9. The number of hydrogen-bond donors (Lipinski definition) is 1. The Kier molecular flexibility index (Phi) is 3.11. The van der Waals surface area contributed by atoms with Gasteiger partial charge < -0.3 is 10.2 Å². The van der Waals surface area contributed by atoms with Gasteiger partial charge in [-0.3, -0.25) is 9.20 Å². The van der Waals surface area contributed by atoms with Gasteiger partial charge in [0.15, 0.2) is 5.65 Å². The molecule has 6 nitrogen and oxygen atoms in total. The fourth-order valence-electron chi connectivity index (χ4n) is 3.56. The second-order valence-corrected chi connectivity index (χ2v) is 6.06. The van der Waals surface area contributed by atoms with Crippen molar-refractivity contribution < 1.29 is 4.79 Å². The molecule has 0 aliphatic carbocycles. The van der Waals surface area contributed by atoms with Gasteiger partial charge in [0.2, 0.25) is 0 Å². The van der Waals surface area contributed by atoms with E-state index in [4.69, 9.17) is 0 Å². The fraction of sp³-hybridized carbons (Fsp3) is 0.533. The molecule has 0 unspecified atom stereocenters. The third-order valence-electron chi connectivity index (χ3n) is 4.84. The van der Waals surface area contributed by atoms with Gasteiger partial charge >= 0.3 is 0 Å². The molecule has 4 rings (SSSR count). The van der Waals surface area contributed by atoms with Crippen LogP contribution >= 0.6 is 0 Å². The summed E-state index contributed by atoms with van der Waals surface area (Å²) in [7, 11) is 0. The number of likely N-dealkylation sites (tertiary alicyclic amines) is 1. The lowest BCUT2D eigenvalue weighted by Gasteiger charge is -2.21. The topological polar surface area (TPSA) is 62.5 Å². The molecular formula is C15H19N5O. The zero-order valence-corrected chi connectivity index (χ0v) is 11.9. The van der Waals surface area contributed by atoms with Crippen molar-refractivity contribution in [2.45, 2.75) is 12.8 Å². The maximum absolute atomic E-state index is 12.7. The molecule has 1 amide bonds. The molecule has 2 saturated heterocycles. The zero-order chi connectivity index (χ0) is 14.2. The minimum Gasteiger partial charge on any atom is -0.339 e. The number of nitrogens with one attached hydrogen (secondary N) is 1. The van der Waals surface area contributed by atoms with E-state index >= 15 is 0 Å². The highest BCUT2D eigenvalue weighted by atomic mass is 16.2. The fourth-order valence-corrected chi connectivity index (χ4v) is 3.56. The second-order valence-electron chi connectivity index (χ2n) is 6.06. The second kappa shape index (κ2) is 5.11. The number of aromatic nitrogens is 3. The van der Waals surface area contributed by atoms with Crippen molar-refractivity contribution in [3.63, 3.8) is 0 Å². The maximum Gasteiger partial charge on any atom is 0.255 e. The number of carbonyl (C=O) groups excluding carboxylic acids is 1. The van der Waals surface area contributed by atoms with Gasteiger partial charge in [-0.15, -0.1) is 10.2 Å². The molecule has 0 radical (unpaired) electrons. The van der Waals surface area contributed by atoms with E-state index in [0.29, 0.717) is 5.56 Å². The maximum atomic E-state index is 12.7. The van der Waals surface area contributed by atoms with E-state index < -0.39 is 0 Å². The average molecular weight is 285 g/mol. The molecule has 2 aliphatic heterocycles. The Morgan fingerprint density at radius 2 is 1.95 bits per heavy atom. The third-order valence-corrected chi connectivity index (χ3v) is 4.84. The molecule has 6 heteroatoms. The normalized spacial score (nSPS) is 25.8. The smallest absolute Gasteiger partial charge is 0.255 e. The Morgan fingerprint density at radius 3 is 2.71 bits per heavy atom. The molecule has 0 aromatic carbocycles. The van der Waals surface area contributed by atoms with Crippen LogP contribution in [0, 0.1) is 11.8 Å². The molecule has 4 heterocycles. The van der Waals surface area contributed by atoms with E-state index in [-0.39, 0.29) is 5.91 Å². The van der Waals surface area contributed by atoms with E-state index in [2.05, 4.69) is 15.5 Å². The summed E-state index contributed by atoms with van der Waals surface area (Å²) in [6.45, 7) is 3.95. The van der Waals surface area contributed by atoms with E-state index in [1.807, 2.05) is 23.2 Å². The summed E-state index contributed by atoms with van der Waals surface area (Å²) >= 11 is 0. The van der Waals surface area contributed by atoms with Crippen LogP contribution in [-0.4, -0.2) is 51.6 Å². The van der Waals surface area contributed by atoms with Crippen LogP contribution in [0.5, 0.6) is 0 Å². The SMILES string of the molecule is O=C(c1ccc2nncn2c1)N1CC[C@@H]2CNC[C@@H]2CC1. The van der Waals surface area contributed by atoms with E-state index in [1.54, 1.807) is 10.7 Å². The van der Waals surface area contributed by atoms with Crippen LogP contribution in [0.3, 0.4) is 0 Å². The van der Waals surface area contributed by atoms with Crippen molar-refractivity contribution in [3.8, 4) is 0 Å². The summed E-state index contributed by atoms with van der Waals surface area (Å²) in [6, 6.07) is 3.69. The first-order chi connectivity index (χ1) is 10.3. The van der Waals surface area contributed by atoms with Crippen molar-refractivity contribution in [2.24, 2.45) is 11.8 Å². The predicted molar refractivity (Wildman–Crippen MR) is 78.0 cm³/mol.